The Balaban J connectivity index is 2.53. The summed E-state index contributed by atoms with van der Waals surface area (Å²) in [6.45, 7) is 9.69. The number of carbonyl (C=O) groups is 1. The fourth-order valence-electron chi connectivity index (χ4n) is 1.76. The summed E-state index contributed by atoms with van der Waals surface area (Å²) in [6.07, 6.45) is 1.16. The third kappa shape index (κ3) is 5.53. The highest BCUT2D eigenvalue weighted by Crippen LogP contribution is 2.13. The van der Waals surface area contributed by atoms with E-state index in [0.717, 1.165) is 17.5 Å². The molecule has 0 bridgehead atoms. The van der Waals surface area contributed by atoms with Gasteiger partial charge in [0.2, 0.25) is 0 Å². The molecule has 1 radical (unpaired) electrons. The van der Waals surface area contributed by atoms with Crippen LogP contribution in [0.2, 0.25) is 0 Å². The molecule has 1 aromatic rings. The standard InChI is InChI=1S/C15H21O2/c1-11-8-12(2)10-13(9-11)6-7-14(16)17-15(3,4)5/h9-10H,6-7H2,1-5H3. The molecule has 0 saturated heterocycles. The molecule has 0 unspecified atom stereocenters. The van der Waals surface area contributed by atoms with Crippen LogP contribution >= 0.6 is 0 Å². The van der Waals surface area contributed by atoms with Crippen LogP contribution in [0.3, 0.4) is 0 Å². The van der Waals surface area contributed by atoms with Gasteiger partial charge in [-0.2, -0.15) is 0 Å². The molecule has 0 N–H and O–H groups in total. The molecule has 0 heterocycles. The van der Waals surface area contributed by atoms with Gasteiger partial charge in [0.25, 0.3) is 0 Å². The first kappa shape index (κ1) is 13.8. The molecule has 0 saturated carbocycles. The van der Waals surface area contributed by atoms with Crippen molar-refractivity contribution in [2.75, 3.05) is 0 Å². The molecule has 0 fully saturated rings. The first-order valence-corrected chi connectivity index (χ1v) is 5.97. The van der Waals surface area contributed by atoms with Gasteiger partial charge in [-0.25, -0.2) is 0 Å². The molecule has 0 aromatic heterocycles. The van der Waals surface area contributed by atoms with E-state index in [1.165, 1.54) is 5.56 Å². The predicted octanol–water partition coefficient (Wildman–Crippen LogP) is 3.38. The van der Waals surface area contributed by atoms with E-state index in [1.807, 2.05) is 34.6 Å². The number of hydrogen-bond acceptors (Lipinski definition) is 2. The van der Waals surface area contributed by atoms with Gasteiger partial charge in [0.15, 0.2) is 0 Å². The fourth-order valence-corrected chi connectivity index (χ4v) is 1.76. The van der Waals surface area contributed by atoms with Crippen LogP contribution in [0, 0.1) is 19.9 Å². The average molecular weight is 233 g/mol. The molecular formula is C15H21O2. The van der Waals surface area contributed by atoms with Crippen LogP contribution in [0.1, 0.15) is 43.9 Å². The van der Waals surface area contributed by atoms with Gasteiger partial charge >= 0.3 is 5.97 Å². The van der Waals surface area contributed by atoms with Gasteiger partial charge in [-0.05, 0) is 63.8 Å². The van der Waals surface area contributed by atoms with Crippen LogP contribution in [-0.4, -0.2) is 11.6 Å². The Hall–Kier alpha value is -1.31. The fraction of sp³-hybridized carbons (Fsp3) is 0.533. The molecule has 0 atom stereocenters. The third-order valence-electron chi connectivity index (χ3n) is 2.24. The van der Waals surface area contributed by atoms with Crippen LogP contribution in [0.25, 0.3) is 0 Å². The minimum atomic E-state index is -0.395. The lowest BCUT2D eigenvalue weighted by Crippen LogP contribution is -2.24. The van der Waals surface area contributed by atoms with Crippen molar-refractivity contribution in [2.45, 2.75) is 53.1 Å². The summed E-state index contributed by atoms with van der Waals surface area (Å²) < 4.78 is 5.27. The zero-order valence-corrected chi connectivity index (χ0v) is 11.4. The van der Waals surface area contributed by atoms with Crippen molar-refractivity contribution >= 4 is 5.97 Å². The minimum Gasteiger partial charge on any atom is -0.460 e. The number of benzene rings is 1. The molecule has 1 aromatic carbocycles. The highest BCUT2D eigenvalue weighted by molar-refractivity contribution is 5.70. The average Bonchev–Trinajstić information content (AvgIpc) is 2.10. The highest BCUT2D eigenvalue weighted by atomic mass is 16.6. The number of rotatable bonds is 3. The van der Waals surface area contributed by atoms with Gasteiger partial charge in [-0.15, -0.1) is 0 Å². The number of ether oxygens (including phenoxy) is 1. The zero-order valence-electron chi connectivity index (χ0n) is 11.4. The second-order valence-corrected chi connectivity index (χ2v) is 5.44. The van der Waals surface area contributed by atoms with Crippen molar-refractivity contribution in [3.63, 3.8) is 0 Å². The van der Waals surface area contributed by atoms with Gasteiger partial charge in [0.05, 0.1) is 0 Å². The molecule has 1 rings (SSSR count). The van der Waals surface area contributed by atoms with E-state index in [-0.39, 0.29) is 5.97 Å². The van der Waals surface area contributed by atoms with Gasteiger partial charge in [0.1, 0.15) is 5.60 Å². The van der Waals surface area contributed by atoms with Gasteiger partial charge in [-0.1, -0.05) is 12.1 Å². The largest absolute Gasteiger partial charge is 0.460 e. The molecule has 0 amide bonds. The summed E-state index contributed by atoms with van der Waals surface area (Å²) in [5.74, 6) is -0.138. The van der Waals surface area contributed by atoms with Crippen molar-refractivity contribution in [2.24, 2.45) is 0 Å². The smallest absolute Gasteiger partial charge is 0.306 e. The van der Waals surface area contributed by atoms with E-state index in [9.17, 15) is 4.79 Å². The lowest BCUT2D eigenvalue weighted by Gasteiger charge is -2.19. The quantitative estimate of drug-likeness (QED) is 0.748. The maximum absolute atomic E-state index is 11.6. The van der Waals surface area contributed by atoms with Gasteiger partial charge in [-0.3, -0.25) is 4.79 Å². The number of hydrogen-bond donors (Lipinski definition) is 0. The molecule has 2 nitrogen and oxygen atoms in total. The molecule has 17 heavy (non-hydrogen) atoms. The van der Waals surface area contributed by atoms with Crippen molar-refractivity contribution in [3.8, 4) is 0 Å². The van der Waals surface area contributed by atoms with E-state index < -0.39 is 5.60 Å². The molecule has 0 aliphatic heterocycles. The van der Waals surface area contributed by atoms with E-state index in [1.54, 1.807) is 0 Å². The van der Waals surface area contributed by atoms with Crippen LogP contribution < -0.4 is 0 Å². The van der Waals surface area contributed by atoms with Crippen LogP contribution in [0.5, 0.6) is 0 Å². The third-order valence-corrected chi connectivity index (χ3v) is 2.24. The van der Waals surface area contributed by atoms with Crippen molar-refractivity contribution in [1.82, 2.24) is 0 Å². The Morgan fingerprint density at radius 3 is 2.24 bits per heavy atom. The second kappa shape index (κ2) is 5.35. The summed E-state index contributed by atoms with van der Waals surface area (Å²) >= 11 is 0. The van der Waals surface area contributed by atoms with E-state index in [0.29, 0.717) is 6.42 Å². The van der Waals surface area contributed by atoms with Crippen molar-refractivity contribution < 1.29 is 9.53 Å². The van der Waals surface area contributed by atoms with Gasteiger partial charge < -0.3 is 4.74 Å². The lowest BCUT2D eigenvalue weighted by molar-refractivity contribution is -0.154. The summed E-state index contributed by atoms with van der Waals surface area (Å²) in [5.41, 5.74) is 3.01. The molecular weight excluding hydrogens is 212 g/mol. The van der Waals surface area contributed by atoms with E-state index >= 15 is 0 Å². The second-order valence-electron chi connectivity index (χ2n) is 5.44. The Morgan fingerprint density at radius 1 is 1.24 bits per heavy atom. The minimum absolute atomic E-state index is 0.138. The number of aryl methyl sites for hydroxylation is 3. The lowest BCUT2D eigenvalue weighted by atomic mass is 10.0. The molecule has 0 aliphatic rings. The number of esters is 1. The van der Waals surface area contributed by atoms with Crippen molar-refractivity contribution in [1.29, 1.82) is 0 Å². The van der Waals surface area contributed by atoms with Crippen molar-refractivity contribution in [3.05, 3.63) is 34.9 Å². The summed E-state index contributed by atoms with van der Waals surface area (Å²) in [5, 5.41) is 0. The normalized spacial score (nSPS) is 11.4. The van der Waals surface area contributed by atoms with Gasteiger partial charge in [0, 0.05) is 6.42 Å². The highest BCUT2D eigenvalue weighted by Gasteiger charge is 2.15. The van der Waals surface area contributed by atoms with Crippen LogP contribution in [0.15, 0.2) is 12.1 Å². The zero-order chi connectivity index (χ0) is 13.1. The number of carbonyl (C=O) groups excluding carboxylic acids is 1. The Kier molecular flexibility index (Phi) is 4.33. The Bertz CT molecular complexity index is 380. The Labute approximate surface area is 104 Å². The SMILES string of the molecule is Cc1[c]c(C)cc(CCC(=O)OC(C)(C)C)c1. The first-order valence-electron chi connectivity index (χ1n) is 5.97. The summed E-state index contributed by atoms with van der Waals surface area (Å²) in [6, 6.07) is 7.35. The first-order chi connectivity index (χ1) is 7.76. The van der Waals surface area contributed by atoms with Crippen LogP contribution in [0.4, 0.5) is 0 Å². The van der Waals surface area contributed by atoms with E-state index in [2.05, 4.69) is 18.2 Å². The maximum Gasteiger partial charge on any atom is 0.306 e. The molecule has 93 valence electrons. The van der Waals surface area contributed by atoms with E-state index in [4.69, 9.17) is 4.74 Å². The summed E-state index contributed by atoms with van der Waals surface area (Å²) in [7, 11) is 0. The molecule has 2 heteroatoms. The predicted molar refractivity (Wildman–Crippen MR) is 68.9 cm³/mol. The molecule has 0 spiro atoms. The topological polar surface area (TPSA) is 26.3 Å². The van der Waals surface area contributed by atoms with Crippen LogP contribution in [-0.2, 0) is 16.0 Å². The Morgan fingerprint density at radius 2 is 1.76 bits per heavy atom. The maximum atomic E-state index is 11.6. The molecule has 0 aliphatic carbocycles. The monoisotopic (exact) mass is 233 g/mol. The summed E-state index contributed by atoms with van der Waals surface area (Å²) in [4.78, 5) is 11.6.